The number of nitrogens with zero attached hydrogens (tertiary/aromatic N) is 2. The summed E-state index contributed by atoms with van der Waals surface area (Å²) in [6, 6.07) is 4.76. The summed E-state index contributed by atoms with van der Waals surface area (Å²) in [4.78, 5) is 26.2. The highest BCUT2D eigenvalue weighted by molar-refractivity contribution is 9.10. The number of aromatic amines is 1. The average molecular weight is 380 g/mol. The van der Waals surface area contributed by atoms with Gasteiger partial charge in [0.2, 0.25) is 11.8 Å². The molecule has 1 fully saturated rings. The Morgan fingerprint density at radius 3 is 3.00 bits per heavy atom. The molecule has 1 aliphatic rings. The number of benzene rings is 1. The van der Waals surface area contributed by atoms with Gasteiger partial charge in [0.15, 0.2) is 5.69 Å². The molecule has 1 unspecified atom stereocenters. The van der Waals surface area contributed by atoms with Crippen LogP contribution in [0.2, 0.25) is 0 Å². The lowest BCUT2D eigenvalue weighted by Crippen LogP contribution is -2.53. The van der Waals surface area contributed by atoms with Gasteiger partial charge >= 0.3 is 0 Å². The van der Waals surface area contributed by atoms with Crippen molar-refractivity contribution in [3.63, 3.8) is 0 Å². The Kier molecular flexibility index (Phi) is 4.39. The van der Waals surface area contributed by atoms with E-state index in [9.17, 15) is 14.7 Å². The van der Waals surface area contributed by atoms with Gasteiger partial charge in [-0.05, 0) is 18.2 Å². The van der Waals surface area contributed by atoms with Gasteiger partial charge in [-0.2, -0.15) is 0 Å². The molecule has 2 amide bonds. The van der Waals surface area contributed by atoms with Gasteiger partial charge in [-0.25, -0.2) is 0 Å². The minimum atomic E-state index is -0.596. The number of rotatable bonds is 3. The summed E-state index contributed by atoms with van der Waals surface area (Å²) in [5.74, 6) is -0.926. The van der Waals surface area contributed by atoms with Gasteiger partial charge in [-0.1, -0.05) is 15.9 Å². The van der Waals surface area contributed by atoms with Gasteiger partial charge in [0.25, 0.3) is 5.91 Å². The van der Waals surface area contributed by atoms with E-state index in [1.807, 2.05) is 6.07 Å². The Morgan fingerprint density at radius 1 is 1.39 bits per heavy atom. The zero-order valence-electron chi connectivity index (χ0n) is 12.0. The lowest BCUT2D eigenvalue weighted by Gasteiger charge is -2.21. The van der Waals surface area contributed by atoms with E-state index >= 15 is 0 Å². The number of nitrogens with one attached hydrogen (secondary N) is 3. The largest absolute Gasteiger partial charge is 0.493 e. The normalized spacial score (nSPS) is 18.5. The van der Waals surface area contributed by atoms with Crippen molar-refractivity contribution in [2.75, 3.05) is 13.1 Å². The first-order valence-electron chi connectivity index (χ1n) is 7.00. The van der Waals surface area contributed by atoms with Gasteiger partial charge in [0.1, 0.15) is 0 Å². The van der Waals surface area contributed by atoms with E-state index < -0.39 is 11.9 Å². The molecule has 1 saturated heterocycles. The van der Waals surface area contributed by atoms with Crippen LogP contribution in [0.5, 0.6) is 5.88 Å². The van der Waals surface area contributed by atoms with Gasteiger partial charge in [0.05, 0.1) is 18.0 Å². The molecule has 3 rings (SSSR count). The number of aromatic nitrogens is 1. The Labute approximate surface area is 139 Å². The van der Waals surface area contributed by atoms with Crippen LogP contribution in [-0.4, -0.2) is 41.0 Å². The highest BCUT2D eigenvalue weighted by atomic mass is 79.9. The fraction of sp³-hybridized carbons (Fsp3) is 0.286. The molecule has 0 saturated carbocycles. The molecule has 2 heterocycles. The average Bonchev–Trinajstić information content (AvgIpc) is 2.82. The number of carbonyl (C=O) groups excluding carboxylic acids is 2. The fourth-order valence-electron chi connectivity index (χ4n) is 2.37. The van der Waals surface area contributed by atoms with Gasteiger partial charge in [-0.15, -0.1) is 10.2 Å². The summed E-state index contributed by atoms with van der Waals surface area (Å²) in [6.45, 7) is 1.15. The lowest BCUT2D eigenvalue weighted by molar-refractivity contribution is -0.128. The molecule has 1 aromatic carbocycles. The molecule has 2 aromatic rings. The Balaban J connectivity index is 1.77. The Hall–Kier alpha value is -2.26. The van der Waals surface area contributed by atoms with E-state index in [4.69, 9.17) is 0 Å². The molecule has 0 spiro atoms. The zero-order valence-corrected chi connectivity index (χ0v) is 13.6. The van der Waals surface area contributed by atoms with E-state index in [0.717, 1.165) is 4.47 Å². The van der Waals surface area contributed by atoms with Crippen LogP contribution in [0.25, 0.3) is 10.9 Å². The van der Waals surface area contributed by atoms with Crippen LogP contribution in [0.1, 0.15) is 6.42 Å². The maximum atomic E-state index is 11.9. The van der Waals surface area contributed by atoms with Crippen LogP contribution in [0, 0.1) is 0 Å². The number of fused-ring (bicyclic) bond motifs is 1. The van der Waals surface area contributed by atoms with Gasteiger partial charge in [0, 0.05) is 22.9 Å². The van der Waals surface area contributed by atoms with Crippen LogP contribution in [0.15, 0.2) is 32.9 Å². The van der Waals surface area contributed by atoms with Crippen molar-refractivity contribution in [3.05, 3.63) is 22.7 Å². The summed E-state index contributed by atoms with van der Waals surface area (Å²) in [7, 11) is 0. The molecule has 8 nitrogen and oxygen atoms in total. The smallest absolute Gasteiger partial charge is 0.266 e. The molecule has 0 bridgehead atoms. The van der Waals surface area contributed by atoms with E-state index in [-0.39, 0.29) is 23.9 Å². The maximum absolute atomic E-state index is 11.9. The van der Waals surface area contributed by atoms with E-state index in [1.165, 1.54) is 0 Å². The van der Waals surface area contributed by atoms with Gasteiger partial charge in [-0.3, -0.25) is 9.59 Å². The predicted molar refractivity (Wildman–Crippen MR) is 86.6 cm³/mol. The molecule has 120 valence electrons. The summed E-state index contributed by atoms with van der Waals surface area (Å²) in [5.41, 5.74) is 0.871. The van der Waals surface area contributed by atoms with Crippen molar-refractivity contribution in [1.82, 2.24) is 15.6 Å². The van der Waals surface area contributed by atoms with Crippen molar-refractivity contribution < 1.29 is 14.7 Å². The van der Waals surface area contributed by atoms with Crippen molar-refractivity contribution in [3.8, 4) is 5.88 Å². The summed E-state index contributed by atoms with van der Waals surface area (Å²) in [6.07, 6.45) is -0.0812. The quantitative estimate of drug-likeness (QED) is 0.607. The number of hydrogen-bond donors (Lipinski definition) is 4. The number of azo groups is 1. The van der Waals surface area contributed by atoms with Crippen molar-refractivity contribution in [2.45, 2.75) is 12.5 Å². The molecule has 1 aromatic heterocycles. The first kappa shape index (κ1) is 15.6. The number of H-pyrrole nitrogens is 1. The highest BCUT2D eigenvalue weighted by Crippen LogP contribution is 2.36. The Morgan fingerprint density at radius 2 is 2.22 bits per heavy atom. The lowest BCUT2D eigenvalue weighted by atomic mass is 10.1. The van der Waals surface area contributed by atoms with E-state index in [1.54, 1.807) is 12.1 Å². The van der Waals surface area contributed by atoms with Crippen molar-refractivity contribution in [2.24, 2.45) is 10.2 Å². The van der Waals surface area contributed by atoms with Crippen LogP contribution in [-0.2, 0) is 9.59 Å². The number of carbonyl (C=O) groups is 2. The molecular weight excluding hydrogens is 366 g/mol. The van der Waals surface area contributed by atoms with Gasteiger partial charge < -0.3 is 20.7 Å². The second-order valence-corrected chi connectivity index (χ2v) is 6.02. The van der Waals surface area contributed by atoms with Crippen LogP contribution < -0.4 is 10.6 Å². The molecule has 4 N–H and O–H groups in total. The van der Waals surface area contributed by atoms with Crippen molar-refractivity contribution >= 4 is 44.3 Å². The molecular formula is C14H14BrN5O3. The number of halogens is 1. The molecule has 23 heavy (non-hydrogen) atoms. The summed E-state index contributed by atoms with van der Waals surface area (Å²) in [5, 5.41) is 23.6. The van der Waals surface area contributed by atoms with Crippen molar-refractivity contribution in [1.29, 1.82) is 0 Å². The fourth-order valence-corrected chi connectivity index (χ4v) is 2.73. The number of piperazine rings is 1. The standard InChI is InChI=1S/C14H14BrN5O3/c15-7-1-2-9-8(5-7)12(14(23)18-9)20-19-11(21)6-10-13(22)17-4-3-16-10/h1-2,5,10,16,18,23H,3-4,6H2,(H,17,22). The van der Waals surface area contributed by atoms with Crippen LogP contribution in [0.4, 0.5) is 5.69 Å². The van der Waals surface area contributed by atoms with Crippen LogP contribution >= 0.6 is 15.9 Å². The molecule has 9 heteroatoms. The summed E-state index contributed by atoms with van der Waals surface area (Å²) >= 11 is 3.34. The first-order chi connectivity index (χ1) is 11.0. The number of aromatic hydroxyl groups is 1. The monoisotopic (exact) mass is 379 g/mol. The SMILES string of the molecule is O=C(CC1NCCNC1=O)N=Nc1c(O)[nH]c2ccc(Br)cc12. The molecule has 0 aliphatic carbocycles. The predicted octanol–water partition coefficient (Wildman–Crippen LogP) is 1.72. The minimum Gasteiger partial charge on any atom is -0.493 e. The minimum absolute atomic E-state index is 0.0812. The highest BCUT2D eigenvalue weighted by Gasteiger charge is 2.24. The Bertz CT molecular complexity index is 801. The van der Waals surface area contributed by atoms with E-state index in [0.29, 0.717) is 24.0 Å². The second kappa shape index (κ2) is 6.47. The number of hydrogen-bond acceptors (Lipinski definition) is 5. The molecule has 1 aliphatic heterocycles. The first-order valence-corrected chi connectivity index (χ1v) is 7.80. The van der Waals surface area contributed by atoms with Crippen LogP contribution in [0.3, 0.4) is 0 Å². The summed E-state index contributed by atoms with van der Waals surface area (Å²) < 4.78 is 0.815. The zero-order chi connectivity index (χ0) is 16.4. The van der Waals surface area contributed by atoms with E-state index in [2.05, 4.69) is 41.8 Å². The third-order valence-electron chi connectivity index (χ3n) is 3.49. The number of amides is 2. The third kappa shape index (κ3) is 3.40. The molecule has 0 radical (unpaired) electrons. The second-order valence-electron chi connectivity index (χ2n) is 5.11. The molecule has 1 atom stereocenters. The maximum Gasteiger partial charge on any atom is 0.266 e. The third-order valence-corrected chi connectivity index (χ3v) is 3.98. The topological polar surface area (TPSA) is 119 Å².